The quantitative estimate of drug-likeness (QED) is 0.647. The predicted octanol–water partition coefficient (Wildman–Crippen LogP) is 1.99. The number of rotatable bonds is 0. The topological polar surface area (TPSA) is 21.1 Å². The highest BCUT2D eigenvalue weighted by atomic mass is 15.1. The minimum absolute atomic E-state index is 0.967. The van der Waals surface area contributed by atoms with E-state index in [-0.39, 0.29) is 0 Å². The minimum Gasteiger partial charge on any atom is -0.376 e. The van der Waals surface area contributed by atoms with E-state index in [9.17, 15) is 0 Å². The van der Waals surface area contributed by atoms with Crippen LogP contribution in [0.25, 0.3) is 17.0 Å². The largest absolute Gasteiger partial charge is 0.376 e. The highest BCUT2D eigenvalue weighted by Crippen LogP contribution is 2.29. The second kappa shape index (κ2) is 2.86. The molecule has 3 rings (SSSR count). The van der Waals surface area contributed by atoms with Crippen molar-refractivity contribution >= 4 is 17.0 Å². The fourth-order valence-electron chi connectivity index (χ4n) is 2.26. The second-order valence-electron chi connectivity index (χ2n) is 4.05. The molecule has 0 bridgehead atoms. The van der Waals surface area contributed by atoms with Crippen LogP contribution in [-0.4, -0.2) is 21.5 Å². The van der Waals surface area contributed by atoms with Crippen LogP contribution < -0.4 is 0 Å². The number of fused-ring (bicyclic) bond motifs is 3. The van der Waals surface area contributed by atoms with Gasteiger partial charge in [0.1, 0.15) is 0 Å². The van der Waals surface area contributed by atoms with E-state index in [1.165, 1.54) is 22.2 Å². The average molecular weight is 199 g/mol. The molecule has 0 atom stereocenters. The summed E-state index contributed by atoms with van der Waals surface area (Å²) in [6.07, 6.45) is 8.09. The van der Waals surface area contributed by atoms with Crippen molar-refractivity contribution in [2.45, 2.75) is 6.54 Å². The maximum atomic E-state index is 4.20. The number of hydrogen-bond donors (Lipinski definition) is 0. The third-order valence-electron chi connectivity index (χ3n) is 3.05. The number of aromatic nitrogens is 2. The van der Waals surface area contributed by atoms with E-state index in [1.807, 2.05) is 12.4 Å². The summed E-state index contributed by atoms with van der Waals surface area (Å²) < 4.78 is 2.23. The lowest BCUT2D eigenvalue weighted by molar-refractivity contribution is 0.448. The Kier molecular flexibility index (Phi) is 1.63. The number of hydrogen-bond acceptors (Lipinski definition) is 2. The Morgan fingerprint density at radius 3 is 3.07 bits per heavy atom. The van der Waals surface area contributed by atoms with Gasteiger partial charge in [-0.15, -0.1) is 0 Å². The maximum Gasteiger partial charge on any atom is 0.0517 e. The number of aryl methyl sites for hydroxylation is 1. The zero-order valence-electron chi connectivity index (χ0n) is 8.94. The van der Waals surface area contributed by atoms with Gasteiger partial charge in [0.15, 0.2) is 0 Å². The first-order chi connectivity index (χ1) is 7.27. The molecule has 0 N–H and O–H groups in total. The van der Waals surface area contributed by atoms with Gasteiger partial charge in [-0.05, 0) is 12.1 Å². The van der Waals surface area contributed by atoms with Gasteiger partial charge in [-0.1, -0.05) is 0 Å². The van der Waals surface area contributed by atoms with Crippen molar-refractivity contribution in [2.24, 2.45) is 7.05 Å². The summed E-state index contributed by atoms with van der Waals surface area (Å²) in [5.41, 5.74) is 3.94. The summed E-state index contributed by atoms with van der Waals surface area (Å²) in [7, 11) is 4.20. The van der Waals surface area contributed by atoms with E-state index >= 15 is 0 Å². The van der Waals surface area contributed by atoms with Crippen LogP contribution >= 0.6 is 0 Å². The van der Waals surface area contributed by atoms with Crippen LogP contribution in [0.15, 0.2) is 24.7 Å². The van der Waals surface area contributed by atoms with E-state index in [0.29, 0.717) is 0 Å². The van der Waals surface area contributed by atoms with E-state index in [1.54, 1.807) is 0 Å². The molecule has 76 valence electrons. The van der Waals surface area contributed by atoms with Crippen LogP contribution in [0.4, 0.5) is 0 Å². The molecule has 1 aliphatic rings. The van der Waals surface area contributed by atoms with Gasteiger partial charge in [0.25, 0.3) is 0 Å². The fourth-order valence-corrected chi connectivity index (χ4v) is 2.26. The van der Waals surface area contributed by atoms with Crippen molar-refractivity contribution in [2.75, 3.05) is 7.05 Å². The molecule has 0 amide bonds. The molecule has 15 heavy (non-hydrogen) atoms. The van der Waals surface area contributed by atoms with Crippen LogP contribution in [0.5, 0.6) is 0 Å². The zero-order valence-corrected chi connectivity index (χ0v) is 8.94. The standard InChI is InChI=1S/C12H13N3/c1-14-6-4-12-10(8-14)9-7-13-5-3-11(9)15(12)2/h3-7H,8H2,1-2H3. The van der Waals surface area contributed by atoms with Gasteiger partial charge < -0.3 is 9.47 Å². The summed E-state index contributed by atoms with van der Waals surface area (Å²) in [4.78, 5) is 6.39. The highest BCUT2D eigenvalue weighted by molar-refractivity contribution is 5.87. The maximum absolute atomic E-state index is 4.20. The van der Waals surface area contributed by atoms with Crippen LogP contribution in [0.2, 0.25) is 0 Å². The van der Waals surface area contributed by atoms with Crippen molar-refractivity contribution in [3.05, 3.63) is 35.9 Å². The first-order valence-corrected chi connectivity index (χ1v) is 5.07. The van der Waals surface area contributed by atoms with Crippen LogP contribution in [0.1, 0.15) is 11.3 Å². The van der Waals surface area contributed by atoms with Crippen molar-refractivity contribution in [3.63, 3.8) is 0 Å². The lowest BCUT2D eigenvalue weighted by atomic mass is 10.1. The van der Waals surface area contributed by atoms with Crippen molar-refractivity contribution in [1.29, 1.82) is 0 Å². The molecule has 0 spiro atoms. The van der Waals surface area contributed by atoms with Gasteiger partial charge >= 0.3 is 0 Å². The second-order valence-corrected chi connectivity index (χ2v) is 4.05. The molecular weight excluding hydrogens is 186 g/mol. The minimum atomic E-state index is 0.967. The normalized spacial score (nSPS) is 14.7. The molecular formula is C12H13N3. The first kappa shape index (κ1) is 8.53. The van der Waals surface area contributed by atoms with Gasteiger partial charge in [0.2, 0.25) is 0 Å². The Bertz CT molecular complexity index is 551. The third kappa shape index (κ3) is 1.09. The molecule has 2 aromatic heterocycles. The van der Waals surface area contributed by atoms with E-state index in [4.69, 9.17) is 0 Å². The van der Waals surface area contributed by atoms with E-state index in [2.05, 4.69) is 46.9 Å². The van der Waals surface area contributed by atoms with E-state index < -0.39 is 0 Å². The molecule has 0 aromatic carbocycles. The molecule has 0 radical (unpaired) electrons. The van der Waals surface area contributed by atoms with Crippen molar-refractivity contribution < 1.29 is 0 Å². The molecule has 3 heterocycles. The van der Waals surface area contributed by atoms with Crippen LogP contribution in [0.3, 0.4) is 0 Å². The van der Waals surface area contributed by atoms with Gasteiger partial charge in [-0.25, -0.2) is 0 Å². The van der Waals surface area contributed by atoms with Gasteiger partial charge in [0, 0.05) is 55.9 Å². The summed E-state index contributed by atoms with van der Waals surface area (Å²) in [5, 5.41) is 1.27. The zero-order chi connectivity index (χ0) is 10.4. The summed E-state index contributed by atoms with van der Waals surface area (Å²) in [6.45, 7) is 0.967. The lowest BCUT2D eigenvalue weighted by Crippen LogP contribution is -2.14. The van der Waals surface area contributed by atoms with Crippen molar-refractivity contribution in [1.82, 2.24) is 14.5 Å². The smallest absolute Gasteiger partial charge is 0.0517 e. The van der Waals surface area contributed by atoms with Gasteiger partial charge in [-0.2, -0.15) is 0 Å². The molecule has 1 aliphatic heterocycles. The Balaban J connectivity index is 2.39. The SMILES string of the molecule is CN1C=Cc2c(c3cnccc3n2C)C1. The average Bonchev–Trinajstić information content (AvgIpc) is 2.54. The Morgan fingerprint density at radius 2 is 2.20 bits per heavy atom. The van der Waals surface area contributed by atoms with E-state index in [0.717, 1.165) is 6.54 Å². The summed E-state index contributed by atoms with van der Waals surface area (Å²) in [6, 6.07) is 2.07. The molecule has 3 nitrogen and oxygen atoms in total. The Morgan fingerprint density at radius 1 is 1.33 bits per heavy atom. The molecule has 0 aliphatic carbocycles. The lowest BCUT2D eigenvalue weighted by Gasteiger charge is -2.18. The van der Waals surface area contributed by atoms with Crippen LogP contribution in [-0.2, 0) is 13.6 Å². The molecule has 0 unspecified atom stereocenters. The predicted molar refractivity (Wildman–Crippen MR) is 61.2 cm³/mol. The summed E-state index contributed by atoms with van der Waals surface area (Å²) in [5.74, 6) is 0. The monoisotopic (exact) mass is 199 g/mol. The van der Waals surface area contributed by atoms with Gasteiger partial charge in [0.05, 0.1) is 5.52 Å². The highest BCUT2D eigenvalue weighted by Gasteiger charge is 2.16. The Labute approximate surface area is 88.6 Å². The number of nitrogens with zero attached hydrogens (tertiary/aromatic N) is 3. The molecule has 0 saturated carbocycles. The molecule has 2 aromatic rings. The molecule has 0 fully saturated rings. The number of pyridine rings is 1. The Hall–Kier alpha value is -1.77. The fraction of sp³-hybridized carbons (Fsp3) is 0.250. The summed E-state index contributed by atoms with van der Waals surface area (Å²) >= 11 is 0. The molecule has 3 heteroatoms. The third-order valence-corrected chi connectivity index (χ3v) is 3.05. The van der Waals surface area contributed by atoms with Gasteiger partial charge in [-0.3, -0.25) is 4.98 Å². The molecule has 0 saturated heterocycles. The van der Waals surface area contributed by atoms with Crippen molar-refractivity contribution in [3.8, 4) is 0 Å². The van der Waals surface area contributed by atoms with Crippen LogP contribution in [0, 0.1) is 0 Å². The first-order valence-electron chi connectivity index (χ1n) is 5.07.